The summed E-state index contributed by atoms with van der Waals surface area (Å²) in [5.74, 6) is 2.54. The molecule has 0 unspecified atom stereocenters. The number of hydrogen-bond donors (Lipinski definition) is 1. The first-order valence-electron chi connectivity index (χ1n) is 5.82. The van der Waals surface area contributed by atoms with Crippen molar-refractivity contribution in [3.05, 3.63) is 66.9 Å². The highest BCUT2D eigenvalue weighted by molar-refractivity contribution is 6.72. The Morgan fingerprint density at radius 3 is 2.78 bits per heavy atom. The van der Waals surface area contributed by atoms with E-state index in [0.29, 0.717) is 6.54 Å². The topological polar surface area (TPSA) is 48.1 Å². The number of aromatic nitrogens is 1. The third-order valence-electron chi connectivity index (χ3n) is 2.67. The monoisotopic (exact) mass is 238 g/mol. The molecule has 1 aromatic carbocycles. The fourth-order valence-electron chi connectivity index (χ4n) is 1.72. The Morgan fingerprint density at radius 1 is 1.28 bits per heavy atom. The van der Waals surface area contributed by atoms with E-state index in [2.05, 4.69) is 11.6 Å². The first-order chi connectivity index (χ1) is 8.85. The van der Waals surface area contributed by atoms with Gasteiger partial charge >= 0.3 is 6.92 Å². The Bertz CT molecular complexity index is 516. The molecule has 90 valence electrons. The molecule has 0 saturated carbocycles. The fourth-order valence-corrected chi connectivity index (χ4v) is 1.72. The Morgan fingerprint density at radius 2 is 2.11 bits per heavy atom. The molecule has 1 aromatic heterocycles. The summed E-state index contributed by atoms with van der Waals surface area (Å²) in [6.07, 6.45) is 3.51. The van der Waals surface area contributed by atoms with Crippen LogP contribution in [0.25, 0.3) is 0 Å². The largest absolute Gasteiger partial charge is 0.552 e. The molecule has 0 radical (unpaired) electrons. The van der Waals surface area contributed by atoms with Gasteiger partial charge in [-0.05, 0) is 17.6 Å². The van der Waals surface area contributed by atoms with E-state index in [1.54, 1.807) is 18.4 Å². The Kier molecular flexibility index (Phi) is 4.15. The lowest BCUT2D eigenvalue weighted by molar-refractivity contribution is 0.581. The minimum atomic E-state index is -0.216. The van der Waals surface area contributed by atoms with E-state index in [1.165, 1.54) is 0 Å². The van der Waals surface area contributed by atoms with E-state index < -0.39 is 0 Å². The van der Waals surface area contributed by atoms with Gasteiger partial charge in [0.05, 0.1) is 0 Å². The average Bonchev–Trinajstić information content (AvgIpc) is 2.46. The third kappa shape index (κ3) is 2.78. The Balaban J connectivity index is 2.23. The standard InChI is InChI=1S/C14H15BN2O/c1-2-15(13-7-5-9-17-11-13)18-14-8-4-3-6-12(14)10-16/h2-9,11H,1,10,16H2. The first kappa shape index (κ1) is 12.4. The van der Waals surface area contributed by atoms with Crippen molar-refractivity contribution in [2.24, 2.45) is 5.73 Å². The quantitative estimate of drug-likeness (QED) is 0.804. The van der Waals surface area contributed by atoms with Crippen molar-refractivity contribution in [1.82, 2.24) is 4.98 Å². The van der Waals surface area contributed by atoms with E-state index in [1.807, 2.05) is 36.4 Å². The molecule has 2 rings (SSSR count). The number of nitrogens with zero attached hydrogens (tertiary/aromatic N) is 1. The maximum absolute atomic E-state index is 5.93. The molecule has 4 heteroatoms. The summed E-state index contributed by atoms with van der Waals surface area (Å²) >= 11 is 0. The summed E-state index contributed by atoms with van der Waals surface area (Å²) in [6, 6.07) is 11.6. The van der Waals surface area contributed by atoms with Gasteiger partial charge in [0, 0.05) is 24.5 Å². The normalized spacial score (nSPS) is 9.83. The molecule has 1 heterocycles. The van der Waals surface area contributed by atoms with Crippen LogP contribution in [0.3, 0.4) is 0 Å². The van der Waals surface area contributed by atoms with Crippen molar-refractivity contribution in [2.45, 2.75) is 6.54 Å². The van der Waals surface area contributed by atoms with Crippen LogP contribution in [0.1, 0.15) is 5.56 Å². The zero-order valence-corrected chi connectivity index (χ0v) is 10.1. The number of hydrogen-bond acceptors (Lipinski definition) is 3. The van der Waals surface area contributed by atoms with Crippen LogP contribution in [0.2, 0.25) is 0 Å². The van der Waals surface area contributed by atoms with Crippen LogP contribution in [-0.2, 0) is 6.54 Å². The zero-order chi connectivity index (χ0) is 12.8. The molecule has 18 heavy (non-hydrogen) atoms. The number of benzene rings is 1. The van der Waals surface area contributed by atoms with E-state index in [0.717, 1.165) is 16.8 Å². The molecular formula is C14H15BN2O. The summed E-state index contributed by atoms with van der Waals surface area (Å²) in [5, 5.41) is 0. The van der Waals surface area contributed by atoms with Gasteiger partial charge in [0.1, 0.15) is 5.75 Å². The predicted molar refractivity (Wildman–Crippen MR) is 74.8 cm³/mol. The Hall–Kier alpha value is -2.07. The summed E-state index contributed by atoms with van der Waals surface area (Å²) < 4.78 is 5.93. The van der Waals surface area contributed by atoms with Gasteiger partial charge in [-0.2, -0.15) is 0 Å². The molecule has 0 amide bonds. The number of para-hydroxylation sites is 1. The Labute approximate surface area is 107 Å². The smallest absolute Gasteiger partial charge is 0.419 e. The van der Waals surface area contributed by atoms with Crippen molar-refractivity contribution in [1.29, 1.82) is 0 Å². The van der Waals surface area contributed by atoms with Gasteiger partial charge in [0.2, 0.25) is 0 Å². The predicted octanol–water partition coefficient (Wildman–Crippen LogP) is 1.54. The highest BCUT2D eigenvalue weighted by Crippen LogP contribution is 2.17. The van der Waals surface area contributed by atoms with Gasteiger partial charge in [0.25, 0.3) is 0 Å². The second-order valence-corrected chi connectivity index (χ2v) is 3.87. The van der Waals surface area contributed by atoms with Crippen LogP contribution >= 0.6 is 0 Å². The van der Waals surface area contributed by atoms with Crippen molar-refractivity contribution in [3.63, 3.8) is 0 Å². The summed E-state index contributed by atoms with van der Waals surface area (Å²) in [7, 11) is 0. The molecule has 0 aliphatic rings. The molecule has 0 fully saturated rings. The lowest BCUT2D eigenvalue weighted by atomic mass is 9.62. The highest BCUT2D eigenvalue weighted by Gasteiger charge is 2.17. The van der Waals surface area contributed by atoms with Crippen molar-refractivity contribution in [3.8, 4) is 5.75 Å². The molecule has 0 spiro atoms. The molecule has 0 aliphatic heterocycles. The first-order valence-corrected chi connectivity index (χ1v) is 5.82. The van der Waals surface area contributed by atoms with Gasteiger partial charge in [-0.25, -0.2) is 0 Å². The van der Waals surface area contributed by atoms with Crippen LogP contribution in [0, 0.1) is 0 Å². The highest BCUT2D eigenvalue weighted by atomic mass is 16.4. The maximum Gasteiger partial charge on any atom is 0.419 e. The van der Waals surface area contributed by atoms with Gasteiger partial charge in [-0.1, -0.05) is 30.2 Å². The SMILES string of the molecule is C=CB(Oc1ccccc1CN)c1cccnc1. The van der Waals surface area contributed by atoms with Crippen LogP contribution in [0.15, 0.2) is 61.3 Å². The molecule has 0 bridgehead atoms. The fraction of sp³-hybridized carbons (Fsp3) is 0.0714. The lowest BCUT2D eigenvalue weighted by Crippen LogP contribution is -2.35. The summed E-state index contributed by atoms with van der Waals surface area (Å²) in [4.78, 5) is 4.09. The van der Waals surface area contributed by atoms with Gasteiger partial charge in [0.15, 0.2) is 0 Å². The van der Waals surface area contributed by atoms with Crippen LogP contribution in [-0.4, -0.2) is 11.9 Å². The maximum atomic E-state index is 5.93. The number of rotatable bonds is 5. The van der Waals surface area contributed by atoms with Gasteiger partial charge in [-0.15, -0.1) is 6.58 Å². The van der Waals surface area contributed by atoms with E-state index in [4.69, 9.17) is 10.4 Å². The molecule has 0 aliphatic carbocycles. The van der Waals surface area contributed by atoms with Crippen LogP contribution in [0.4, 0.5) is 0 Å². The molecule has 3 nitrogen and oxygen atoms in total. The van der Waals surface area contributed by atoms with E-state index in [-0.39, 0.29) is 6.92 Å². The summed E-state index contributed by atoms with van der Waals surface area (Å²) in [5.41, 5.74) is 7.64. The second kappa shape index (κ2) is 6.03. The minimum absolute atomic E-state index is 0.216. The summed E-state index contributed by atoms with van der Waals surface area (Å²) in [6.45, 7) is 4.04. The molecular weight excluding hydrogens is 223 g/mol. The molecule has 2 N–H and O–H groups in total. The molecule has 2 aromatic rings. The van der Waals surface area contributed by atoms with Crippen LogP contribution in [0.5, 0.6) is 5.75 Å². The second-order valence-electron chi connectivity index (χ2n) is 3.87. The minimum Gasteiger partial charge on any atom is -0.552 e. The molecule has 0 saturated heterocycles. The van der Waals surface area contributed by atoms with Crippen molar-refractivity contribution < 1.29 is 4.65 Å². The number of pyridine rings is 1. The van der Waals surface area contributed by atoms with Gasteiger partial charge < -0.3 is 10.4 Å². The van der Waals surface area contributed by atoms with E-state index in [9.17, 15) is 0 Å². The third-order valence-corrected chi connectivity index (χ3v) is 2.67. The van der Waals surface area contributed by atoms with E-state index >= 15 is 0 Å². The molecule has 0 atom stereocenters. The average molecular weight is 238 g/mol. The zero-order valence-electron chi connectivity index (χ0n) is 10.1. The number of nitrogens with two attached hydrogens (primary N) is 1. The lowest BCUT2D eigenvalue weighted by Gasteiger charge is -2.15. The van der Waals surface area contributed by atoms with Crippen LogP contribution < -0.4 is 15.9 Å². The van der Waals surface area contributed by atoms with Gasteiger partial charge in [-0.3, -0.25) is 4.98 Å². The van der Waals surface area contributed by atoms with Crippen molar-refractivity contribution in [2.75, 3.05) is 0 Å². The van der Waals surface area contributed by atoms with Crippen molar-refractivity contribution >= 4 is 12.4 Å².